The first kappa shape index (κ1) is 19.0. The highest BCUT2D eigenvalue weighted by molar-refractivity contribution is 5.96. The van der Waals surface area contributed by atoms with Crippen molar-refractivity contribution in [1.29, 1.82) is 0 Å². The maximum Gasteiger partial charge on any atom is 0.321 e. The molecule has 0 atom stereocenters. The molecule has 1 saturated carbocycles. The maximum atomic E-state index is 12.3. The van der Waals surface area contributed by atoms with Gasteiger partial charge in [0.2, 0.25) is 0 Å². The minimum absolute atomic E-state index is 0.0122. The Morgan fingerprint density at radius 3 is 2.59 bits per heavy atom. The van der Waals surface area contributed by atoms with Gasteiger partial charge in [-0.1, -0.05) is 6.07 Å². The number of rotatable bonds is 4. The number of carboxylic acid groups (broad SMARTS) is 1. The lowest BCUT2D eigenvalue weighted by Gasteiger charge is -2.26. The summed E-state index contributed by atoms with van der Waals surface area (Å²) in [6, 6.07) is 5.13. The highest BCUT2D eigenvalue weighted by Crippen LogP contribution is 2.31. The van der Waals surface area contributed by atoms with Gasteiger partial charge in [-0.15, -0.1) is 0 Å². The highest BCUT2D eigenvalue weighted by atomic mass is 16.4. The van der Waals surface area contributed by atoms with Crippen LogP contribution in [0.25, 0.3) is 0 Å². The molecule has 146 valence electrons. The van der Waals surface area contributed by atoms with Crippen molar-refractivity contribution in [2.75, 3.05) is 23.3 Å². The van der Waals surface area contributed by atoms with Gasteiger partial charge in [-0.25, -0.2) is 9.59 Å². The van der Waals surface area contributed by atoms with Crippen molar-refractivity contribution in [1.82, 2.24) is 10.6 Å². The molecule has 0 radical (unpaired) electrons. The van der Waals surface area contributed by atoms with E-state index in [4.69, 9.17) is 5.11 Å². The summed E-state index contributed by atoms with van der Waals surface area (Å²) in [6.07, 6.45) is 3.30. The van der Waals surface area contributed by atoms with E-state index in [-0.39, 0.29) is 24.0 Å². The zero-order chi connectivity index (χ0) is 19.4. The number of hydrogen-bond acceptors (Lipinski definition) is 3. The van der Waals surface area contributed by atoms with Crippen LogP contribution in [0.5, 0.6) is 0 Å². The Morgan fingerprint density at radius 1 is 1.19 bits per heavy atom. The minimum atomic E-state index is -0.757. The largest absolute Gasteiger partial charge is 0.481 e. The van der Waals surface area contributed by atoms with Crippen LogP contribution in [-0.2, 0) is 11.2 Å². The lowest BCUT2D eigenvalue weighted by molar-refractivity contribution is -0.142. The van der Waals surface area contributed by atoms with Crippen molar-refractivity contribution < 1.29 is 19.5 Å². The molecule has 1 heterocycles. The monoisotopic (exact) mass is 374 g/mol. The fourth-order valence-electron chi connectivity index (χ4n) is 3.75. The summed E-state index contributed by atoms with van der Waals surface area (Å²) >= 11 is 0. The number of benzene rings is 1. The van der Waals surface area contributed by atoms with E-state index in [9.17, 15) is 14.4 Å². The average Bonchev–Trinajstić information content (AvgIpc) is 3.05. The molecule has 2 aliphatic rings. The Hall–Kier alpha value is -2.77. The van der Waals surface area contributed by atoms with Gasteiger partial charge in [0.25, 0.3) is 0 Å². The summed E-state index contributed by atoms with van der Waals surface area (Å²) in [5.74, 6) is -1.06. The molecule has 0 saturated heterocycles. The first-order chi connectivity index (χ1) is 13.0. The number of nitrogens with zero attached hydrogens (tertiary/aromatic N) is 1. The number of fused-ring (bicyclic) bond motifs is 1. The minimum Gasteiger partial charge on any atom is -0.481 e. The summed E-state index contributed by atoms with van der Waals surface area (Å²) in [5, 5.41) is 17.6. The van der Waals surface area contributed by atoms with Crippen LogP contribution in [-0.4, -0.2) is 42.3 Å². The lowest BCUT2D eigenvalue weighted by Crippen LogP contribution is -2.41. The van der Waals surface area contributed by atoms with Crippen LogP contribution in [0, 0.1) is 5.92 Å². The standard InChI is InChI=1S/C19H26N4O4/c1-2-20-19(27)23-10-9-12-3-8-15(11-16(12)23)22-18(26)21-14-6-4-13(5-7-14)17(24)25/h3,8,11,13-14H,2,4-7,9-10H2,1H3,(H,20,27)(H,24,25)(H2,21,22,26). The van der Waals surface area contributed by atoms with Crippen LogP contribution < -0.4 is 20.9 Å². The molecular formula is C19H26N4O4. The van der Waals surface area contributed by atoms with Crippen LogP contribution >= 0.6 is 0 Å². The average molecular weight is 374 g/mol. The van der Waals surface area contributed by atoms with Gasteiger partial charge in [-0.05, 0) is 56.7 Å². The topological polar surface area (TPSA) is 111 Å². The summed E-state index contributed by atoms with van der Waals surface area (Å²) < 4.78 is 0. The Morgan fingerprint density at radius 2 is 1.93 bits per heavy atom. The lowest BCUT2D eigenvalue weighted by atomic mass is 9.86. The van der Waals surface area contributed by atoms with Gasteiger partial charge in [0, 0.05) is 24.8 Å². The van der Waals surface area contributed by atoms with Crippen molar-refractivity contribution in [3.05, 3.63) is 23.8 Å². The Balaban J connectivity index is 1.57. The zero-order valence-electron chi connectivity index (χ0n) is 15.5. The summed E-state index contributed by atoms with van der Waals surface area (Å²) in [7, 11) is 0. The number of carbonyl (C=O) groups is 3. The van der Waals surface area contributed by atoms with Crippen LogP contribution in [0.1, 0.15) is 38.2 Å². The molecule has 27 heavy (non-hydrogen) atoms. The van der Waals surface area contributed by atoms with Crippen LogP contribution in [0.15, 0.2) is 18.2 Å². The normalized spacial score (nSPS) is 21.3. The second kappa shape index (κ2) is 8.28. The molecule has 0 spiro atoms. The van der Waals surface area contributed by atoms with E-state index in [0.29, 0.717) is 44.5 Å². The molecule has 0 unspecified atom stereocenters. The first-order valence-electron chi connectivity index (χ1n) is 9.46. The fraction of sp³-hybridized carbons (Fsp3) is 0.526. The predicted molar refractivity (Wildman–Crippen MR) is 102 cm³/mol. The predicted octanol–water partition coefficient (Wildman–Crippen LogP) is 2.54. The fourth-order valence-corrected chi connectivity index (χ4v) is 3.75. The quantitative estimate of drug-likeness (QED) is 0.649. The van der Waals surface area contributed by atoms with Crippen LogP contribution in [0.2, 0.25) is 0 Å². The number of anilines is 2. The number of amides is 4. The van der Waals surface area contributed by atoms with E-state index in [2.05, 4.69) is 16.0 Å². The molecule has 1 aromatic rings. The van der Waals surface area contributed by atoms with Gasteiger partial charge < -0.3 is 21.1 Å². The number of carbonyl (C=O) groups excluding carboxylic acids is 2. The second-order valence-electron chi connectivity index (χ2n) is 7.07. The molecule has 1 aliphatic carbocycles. The summed E-state index contributed by atoms with van der Waals surface area (Å²) in [6.45, 7) is 3.07. The Kier molecular flexibility index (Phi) is 5.83. The van der Waals surface area contributed by atoms with Gasteiger partial charge in [0.15, 0.2) is 0 Å². The molecule has 0 bridgehead atoms. The molecule has 4 amide bonds. The summed E-state index contributed by atoms with van der Waals surface area (Å²) in [5.41, 5.74) is 2.53. The molecule has 8 nitrogen and oxygen atoms in total. The SMILES string of the molecule is CCNC(=O)N1CCc2ccc(NC(=O)NC3CCC(C(=O)O)CC3)cc21. The van der Waals surface area contributed by atoms with E-state index in [1.165, 1.54) is 0 Å². The van der Waals surface area contributed by atoms with Crippen LogP contribution in [0.3, 0.4) is 0 Å². The highest BCUT2D eigenvalue weighted by Gasteiger charge is 2.27. The van der Waals surface area contributed by atoms with Crippen molar-refractivity contribution in [2.24, 2.45) is 5.92 Å². The van der Waals surface area contributed by atoms with Gasteiger partial charge in [0.05, 0.1) is 11.6 Å². The van der Waals surface area contributed by atoms with Crippen molar-refractivity contribution in [3.63, 3.8) is 0 Å². The molecule has 1 aliphatic heterocycles. The van der Waals surface area contributed by atoms with E-state index in [0.717, 1.165) is 17.7 Å². The van der Waals surface area contributed by atoms with Crippen molar-refractivity contribution in [2.45, 2.75) is 45.1 Å². The Bertz CT molecular complexity index is 728. The molecule has 1 aromatic carbocycles. The smallest absolute Gasteiger partial charge is 0.321 e. The number of urea groups is 2. The first-order valence-corrected chi connectivity index (χ1v) is 9.46. The van der Waals surface area contributed by atoms with Gasteiger partial charge in [-0.2, -0.15) is 0 Å². The van der Waals surface area contributed by atoms with Gasteiger partial charge in [-0.3, -0.25) is 9.69 Å². The third kappa shape index (κ3) is 4.50. The van der Waals surface area contributed by atoms with E-state index < -0.39 is 5.97 Å². The van der Waals surface area contributed by atoms with Crippen molar-refractivity contribution in [3.8, 4) is 0 Å². The third-order valence-corrected chi connectivity index (χ3v) is 5.22. The number of carboxylic acids is 1. The van der Waals surface area contributed by atoms with E-state index in [1.807, 2.05) is 25.1 Å². The van der Waals surface area contributed by atoms with Crippen molar-refractivity contribution >= 4 is 29.4 Å². The summed E-state index contributed by atoms with van der Waals surface area (Å²) in [4.78, 5) is 37.1. The molecule has 4 N–H and O–H groups in total. The Labute approximate surface area is 158 Å². The number of aliphatic carboxylic acids is 1. The van der Waals surface area contributed by atoms with E-state index >= 15 is 0 Å². The van der Waals surface area contributed by atoms with Gasteiger partial charge >= 0.3 is 18.0 Å². The molecule has 1 fully saturated rings. The van der Waals surface area contributed by atoms with Gasteiger partial charge in [0.1, 0.15) is 0 Å². The van der Waals surface area contributed by atoms with E-state index in [1.54, 1.807) is 4.90 Å². The molecule has 0 aromatic heterocycles. The number of nitrogens with one attached hydrogen (secondary N) is 3. The molecule has 3 rings (SSSR count). The third-order valence-electron chi connectivity index (χ3n) is 5.22. The molecular weight excluding hydrogens is 348 g/mol. The molecule has 8 heteroatoms. The maximum absolute atomic E-state index is 12.3. The number of hydrogen-bond donors (Lipinski definition) is 4. The second-order valence-corrected chi connectivity index (χ2v) is 7.07. The van der Waals surface area contributed by atoms with Crippen LogP contribution in [0.4, 0.5) is 21.0 Å². The zero-order valence-corrected chi connectivity index (χ0v) is 15.5.